The second-order valence-electron chi connectivity index (χ2n) is 6.63. The van der Waals surface area contributed by atoms with Gasteiger partial charge >= 0.3 is 0 Å². The lowest BCUT2D eigenvalue weighted by atomic mass is 10.0. The van der Waals surface area contributed by atoms with Gasteiger partial charge in [0.2, 0.25) is 0 Å². The number of aliphatic imine (C=N–C) groups is 1. The summed E-state index contributed by atoms with van der Waals surface area (Å²) < 4.78 is 11.1. The molecule has 0 aliphatic carbocycles. The van der Waals surface area contributed by atoms with Gasteiger partial charge in [-0.1, -0.05) is 30.3 Å². The van der Waals surface area contributed by atoms with E-state index in [1.165, 1.54) is 21.4 Å². The molecule has 0 spiro atoms. The van der Waals surface area contributed by atoms with Crippen LogP contribution in [0.4, 0.5) is 0 Å². The molecule has 0 saturated heterocycles. The molecule has 0 radical (unpaired) electrons. The fourth-order valence-electron chi connectivity index (χ4n) is 3.46. The van der Waals surface area contributed by atoms with Crippen molar-refractivity contribution in [2.75, 3.05) is 27.3 Å². The predicted octanol–water partition coefficient (Wildman–Crippen LogP) is 4.89. The summed E-state index contributed by atoms with van der Waals surface area (Å²) >= 11 is 1.81. The van der Waals surface area contributed by atoms with Crippen molar-refractivity contribution >= 4 is 28.4 Å². The molecule has 0 unspecified atom stereocenters. The molecule has 1 aliphatic heterocycles. The van der Waals surface area contributed by atoms with Gasteiger partial charge < -0.3 is 14.8 Å². The minimum atomic E-state index is 0.804. The lowest BCUT2D eigenvalue weighted by Crippen LogP contribution is -2.30. The molecule has 0 fully saturated rings. The summed E-state index contributed by atoms with van der Waals surface area (Å²) in [5, 5.41) is 5.78. The van der Waals surface area contributed by atoms with Crippen molar-refractivity contribution in [1.82, 2.24) is 5.32 Å². The number of methoxy groups -OCH3 is 2. The van der Waals surface area contributed by atoms with Crippen molar-refractivity contribution in [3.05, 3.63) is 65.7 Å². The second kappa shape index (κ2) is 8.57. The van der Waals surface area contributed by atoms with E-state index in [1.54, 1.807) is 14.2 Å². The van der Waals surface area contributed by atoms with Crippen molar-refractivity contribution in [2.24, 2.45) is 4.99 Å². The van der Waals surface area contributed by atoms with Crippen LogP contribution in [0.3, 0.4) is 0 Å². The van der Waals surface area contributed by atoms with E-state index in [0.717, 1.165) is 48.0 Å². The molecule has 1 heterocycles. The number of nitrogens with zero attached hydrogens (tertiary/aromatic N) is 1. The first-order valence-corrected chi connectivity index (χ1v) is 10.4. The molecule has 1 N–H and O–H groups in total. The number of benzene rings is 3. The molecule has 3 aromatic rings. The van der Waals surface area contributed by atoms with Gasteiger partial charge in [-0.05, 0) is 41.5 Å². The number of hydrogen-bond donors (Lipinski definition) is 1. The molecule has 0 atom stereocenters. The van der Waals surface area contributed by atoms with Gasteiger partial charge in [-0.25, -0.2) is 0 Å². The minimum Gasteiger partial charge on any atom is -0.497 e. The Morgan fingerprint density at radius 2 is 1.89 bits per heavy atom. The number of thioether (sulfide) groups is 1. The Hall–Kier alpha value is -2.66. The molecule has 28 heavy (non-hydrogen) atoms. The highest BCUT2D eigenvalue weighted by atomic mass is 32.2. The predicted molar refractivity (Wildman–Crippen MR) is 117 cm³/mol. The maximum atomic E-state index is 5.67. The van der Waals surface area contributed by atoms with Crippen LogP contribution in [0.15, 0.2) is 64.5 Å². The Labute approximate surface area is 170 Å². The Bertz CT molecular complexity index is 1010. The molecule has 0 saturated carbocycles. The van der Waals surface area contributed by atoms with Crippen LogP contribution in [0.5, 0.6) is 11.5 Å². The molecular weight excluding hydrogens is 368 g/mol. The smallest absolute Gasteiger partial charge is 0.129 e. The fourth-order valence-corrected chi connectivity index (χ4v) is 4.55. The number of amidine groups is 1. The molecule has 4 nitrogen and oxygen atoms in total. The maximum Gasteiger partial charge on any atom is 0.129 e. The first-order valence-electron chi connectivity index (χ1n) is 9.44. The lowest BCUT2D eigenvalue weighted by Gasteiger charge is -2.18. The Kier molecular flexibility index (Phi) is 5.72. The van der Waals surface area contributed by atoms with Crippen LogP contribution in [0.25, 0.3) is 10.8 Å². The fraction of sp³-hybridized carbons (Fsp3) is 0.261. The highest BCUT2D eigenvalue weighted by Crippen LogP contribution is 2.36. The van der Waals surface area contributed by atoms with Crippen LogP contribution in [0, 0.1) is 0 Å². The number of ether oxygens (including phenoxy) is 2. The standard InChI is InChI=1S/C23H24N2O2S/c1-26-17-10-8-16-9-11-21(27-2)20(19(16)14-17)15-28-22-7-4-3-6-18(22)23-24-12-5-13-25-23/h3-4,6-11,14H,5,12-13,15H2,1-2H3,(H,24,25). The van der Waals surface area contributed by atoms with E-state index in [2.05, 4.69) is 52.8 Å². The van der Waals surface area contributed by atoms with E-state index in [0.29, 0.717) is 0 Å². The lowest BCUT2D eigenvalue weighted by molar-refractivity contribution is 0.411. The van der Waals surface area contributed by atoms with Crippen molar-refractivity contribution in [2.45, 2.75) is 17.1 Å². The Morgan fingerprint density at radius 1 is 1.04 bits per heavy atom. The van der Waals surface area contributed by atoms with Gasteiger partial charge in [-0.3, -0.25) is 4.99 Å². The minimum absolute atomic E-state index is 0.804. The van der Waals surface area contributed by atoms with Crippen molar-refractivity contribution < 1.29 is 9.47 Å². The summed E-state index contributed by atoms with van der Waals surface area (Å²) in [6, 6.07) is 18.8. The highest BCUT2D eigenvalue weighted by molar-refractivity contribution is 7.98. The van der Waals surface area contributed by atoms with Crippen LogP contribution in [-0.2, 0) is 5.75 Å². The van der Waals surface area contributed by atoms with E-state index in [4.69, 9.17) is 9.47 Å². The maximum absolute atomic E-state index is 5.67. The van der Waals surface area contributed by atoms with E-state index in [1.807, 2.05) is 23.9 Å². The highest BCUT2D eigenvalue weighted by Gasteiger charge is 2.14. The average Bonchev–Trinajstić information content (AvgIpc) is 2.77. The van der Waals surface area contributed by atoms with Gasteiger partial charge in [0.15, 0.2) is 0 Å². The third kappa shape index (κ3) is 3.80. The van der Waals surface area contributed by atoms with E-state index in [9.17, 15) is 0 Å². The second-order valence-corrected chi connectivity index (χ2v) is 7.65. The largest absolute Gasteiger partial charge is 0.497 e. The van der Waals surface area contributed by atoms with Crippen molar-refractivity contribution in [1.29, 1.82) is 0 Å². The zero-order valence-corrected chi connectivity index (χ0v) is 17.0. The van der Waals surface area contributed by atoms with Crippen LogP contribution in [-0.4, -0.2) is 33.1 Å². The van der Waals surface area contributed by atoms with Gasteiger partial charge in [-0.15, -0.1) is 11.8 Å². The zero-order chi connectivity index (χ0) is 19.3. The average molecular weight is 393 g/mol. The zero-order valence-electron chi connectivity index (χ0n) is 16.2. The number of hydrogen-bond acceptors (Lipinski definition) is 5. The first-order chi connectivity index (χ1) is 13.8. The summed E-state index contributed by atoms with van der Waals surface area (Å²) in [5.41, 5.74) is 2.35. The number of nitrogens with one attached hydrogen (secondary N) is 1. The molecule has 4 rings (SSSR count). The van der Waals surface area contributed by atoms with Crippen molar-refractivity contribution in [3.63, 3.8) is 0 Å². The van der Waals surface area contributed by atoms with Gasteiger partial charge in [-0.2, -0.15) is 0 Å². The molecule has 1 aliphatic rings. The van der Waals surface area contributed by atoms with Gasteiger partial charge in [0.1, 0.15) is 17.3 Å². The summed E-state index contributed by atoms with van der Waals surface area (Å²) in [6.07, 6.45) is 1.09. The Balaban J connectivity index is 1.69. The molecule has 0 amide bonds. The summed E-state index contributed by atoms with van der Waals surface area (Å²) in [7, 11) is 3.42. The van der Waals surface area contributed by atoms with E-state index >= 15 is 0 Å². The molecular formula is C23H24N2O2S. The topological polar surface area (TPSA) is 42.9 Å². The van der Waals surface area contributed by atoms with Crippen LogP contribution >= 0.6 is 11.8 Å². The van der Waals surface area contributed by atoms with E-state index in [-0.39, 0.29) is 0 Å². The first kappa shape index (κ1) is 18.7. The SMILES string of the molecule is COc1ccc2ccc(OC)c(CSc3ccccc3C3=NCCCN3)c2c1. The van der Waals surface area contributed by atoms with E-state index < -0.39 is 0 Å². The monoisotopic (exact) mass is 392 g/mol. The van der Waals surface area contributed by atoms with Crippen LogP contribution < -0.4 is 14.8 Å². The van der Waals surface area contributed by atoms with Gasteiger partial charge in [0.05, 0.1) is 14.2 Å². The summed E-state index contributed by atoms with van der Waals surface area (Å²) in [4.78, 5) is 5.89. The number of fused-ring (bicyclic) bond motifs is 1. The van der Waals surface area contributed by atoms with Crippen molar-refractivity contribution in [3.8, 4) is 11.5 Å². The molecule has 5 heteroatoms. The number of rotatable bonds is 6. The molecule has 0 bridgehead atoms. The van der Waals surface area contributed by atoms with Crippen LogP contribution in [0.1, 0.15) is 17.5 Å². The Morgan fingerprint density at radius 3 is 2.68 bits per heavy atom. The molecule has 144 valence electrons. The molecule has 0 aromatic heterocycles. The molecule has 3 aromatic carbocycles. The third-order valence-electron chi connectivity index (χ3n) is 4.93. The van der Waals surface area contributed by atoms with Gasteiger partial charge in [0, 0.05) is 34.9 Å². The van der Waals surface area contributed by atoms with Gasteiger partial charge in [0.25, 0.3) is 0 Å². The summed E-state index contributed by atoms with van der Waals surface area (Å²) in [6.45, 7) is 1.87. The normalized spacial score (nSPS) is 13.7. The third-order valence-corrected chi connectivity index (χ3v) is 6.03. The van der Waals surface area contributed by atoms with Crippen LogP contribution in [0.2, 0.25) is 0 Å². The quantitative estimate of drug-likeness (QED) is 0.607. The summed E-state index contributed by atoms with van der Waals surface area (Å²) in [5.74, 6) is 3.56.